The predicted molar refractivity (Wildman–Crippen MR) is 77.3 cm³/mol. The molecule has 0 bridgehead atoms. The lowest BCUT2D eigenvalue weighted by Crippen LogP contribution is -2.24. The highest BCUT2D eigenvalue weighted by atomic mass is 16.3. The minimum Gasteiger partial charge on any atom is -0.393 e. The molecular weight excluding hydrogens is 238 g/mol. The van der Waals surface area contributed by atoms with Gasteiger partial charge in [0.2, 0.25) is 5.95 Å². The summed E-state index contributed by atoms with van der Waals surface area (Å²) in [6.07, 6.45) is 3.96. The molecule has 1 saturated carbocycles. The lowest BCUT2D eigenvalue weighted by molar-refractivity contribution is 0.111. The summed E-state index contributed by atoms with van der Waals surface area (Å²) in [5, 5.41) is 12.9. The molecule has 4 heteroatoms. The van der Waals surface area contributed by atoms with Crippen molar-refractivity contribution in [2.45, 2.75) is 58.5 Å². The number of nitrogens with one attached hydrogen (secondary N) is 1. The highest BCUT2D eigenvalue weighted by molar-refractivity contribution is 5.29. The zero-order valence-electron chi connectivity index (χ0n) is 12.2. The Balaban J connectivity index is 1.92. The van der Waals surface area contributed by atoms with Crippen LogP contribution in [-0.4, -0.2) is 27.7 Å². The summed E-state index contributed by atoms with van der Waals surface area (Å²) >= 11 is 0. The van der Waals surface area contributed by atoms with Gasteiger partial charge in [-0.15, -0.1) is 0 Å². The van der Waals surface area contributed by atoms with Gasteiger partial charge in [-0.2, -0.15) is 0 Å². The third-order valence-electron chi connectivity index (χ3n) is 3.83. The van der Waals surface area contributed by atoms with E-state index < -0.39 is 0 Å². The molecule has 1 heterocycles. The molecule has 0 aromatic carbocycles. The van der Waals surface area contributed by atoms with Crippen molar-refractivity contribution in [3.8, 4) is 0 Å². The van der Waals surface area contributed by atoms with Gasteiger partial charge < -0.3 is 10.4 Å². The Bertz CT molecular complexity index is 412. The Morgan fingerprint density at radius 2 is 1.95 bits per heavy atom. The monoisotopic (exact) mass is 263 g/mol. The molecule has 1 aliphatic rings. The molecule has 0 spiro atoms. The van der Waals surface area contributed by atoms with Gasteiger partial charge in [0, 0.05) is 17.9 Å². The van der Waals surface area contributed by atoms with Gasteiger partial charge in [-0.3, -0.25) is 0 Å². The molecule has 1 fully saturated rings. The van der Waals surface area contributed by atoms with E-state index in [9.17, 15) is 5.11 Å². The lowest BCUT2D eigenvalue weighted by Gasteiger charge is -2.25. The topological polar surface area (TPSA) is 58.0 Å². The van der Waals surface area contributed by atoms with E-state index in [1.54, 1.807) is 0 Å². The van der Waals surface area contributed by atoms with Gasteiger partial charge in [0.15, 0.2) is 0 Å². The molecule has 4 nitrogen and oxygen atoms in total. The first kappa shape index (κ1) is 14.3. The number of anilines is 1. The van der Waals surface area contributed by atoms with Gasteiger partial charge in [0.05, 0.1) is 6.10 Å². The Labute approximate surface area is 115 Å². The van der Waals surface area contributed by atoms with Crippen LogP contribution in [0.4, 0.5) is 5.95 Å². The molecule has 19 heavy (non-hydrogen) atoms. The molecule has 0 saturated heterocycles. The summed E-state index contributed by atoms with van der Waals surface area (Å²) in [6.45, 7) is 7.21. The molecule has 2 N–H and O–H groups in total. The molecule has 0 amide bonds. The van der Waals surface area contributed by atoms with Crippen molar-refractivity contribution >= 4 is 5.95 Å². The fourth-order valence-electron chi connectivity index (χ4n) is 2.55. The van der Waals surface area contributed by atoms with Crippen LogP contribution in [0.15, 0.2) is 6.07 Å². The van der Waals surface area contributed by atoms with Crippen molar-refractivity contribution in [3.05, 3.63) is 17.5 Å². The molecule has 0 radical (unpaired) electrons. The average Bonchev–Trinajstić information content (AvgIpc) is 2.37. The normalized spacial score (nSPS) is 23.6. The molecule has 106 valence electrons. The van der Waals surface area contributed by atoms with Gasteiger partial charge in [-0.25, -0.2) is 9.97 Å². The number of hydrogen-bond acceptors (Lipinski definition) is 4. The molecule has 1 aliphatic carbocycles. The molecule has 0 unspecified atom stereocenters. The number of aliphatic hydroxyl groups is 1. The maximum absolute atomic E-state index is 9.50. The number of aromatic nitrogens is 2. The lowest BCUT2D eigenvalue weighted by atomic mass is 9.87. The number of rotatable bonds is 4. The van der Waals surface area contributed by atoms with Crippen molar-refractivity contribution in [3.63, 3.8) is 0 Å². The van der Waals surface area contributed by atoms with Gasteiger partial charge >= 0.3 is 0 Å². The summed E-state index contributed by atoms with van der Waals surface area (Å²) in [5.41, 5.74) is 2.11. The predicted octanol–water partition coefficient (Wildman–Crippen LogP) is 2.87. The number of hydrogen-bond donors (Lipinski definition) is 2. The highest BCUT2D eigenvalue weighted by Crippen LogP contribution is 2.24. The zero-order chi connectivity index (χ0) is 13.8. The quantitative estimate of drug-likeness (QED) is 0.877. The maximum Gasteiger partial charge on any atom is 0.223 e. The molecule has 1 aromatic rings. The molecule has 0 aliphatic heterocycles. The van der Waals surface area contributed by atoms with E-state index in [1.807, 2.05) is 13.0 Å². The van der Waals surface area contributed by atoms with E-state index in [-0.39, 0.29) is 6.10 Å². The summed E-state index contributed by atoms with van der Waals surface area (Å²) in [6, 6.07) is 2.05. The molecular formula is C15H25N3O. The summed E-state index contributed by atoms with van der Waals surface area (Å²) in [5.74, 6) is 1.80. The van der Waals surface area contributed by atoms with E-state index in [0.717, 1.165) is 49.6 Å². The fourth-order valence-corrected chi connectivity index (χ4v) is 2.55. The fraction of sp³-hybridized carbons (Fsp3) is 0.733. The third-order valence-corrected chi connectivity index (χ3v) is 3.83. The highest BCUT2D eigenvalue weighted by Gasteiger charge is 2.19. The van der Waals surface area contributed by atoms with Gasteiger partial charge in [0.1, 0.15) is 0 Å². The van der Waals surface area contributed by atoms with E-state index >= 15 is 0 Å². The maximum atomic E-state index is 9.50. The van der Waals surface area contributed by atoms with Crippen molar-refractivity contribution in [1.82, 2.24) is 9.97 Å². The molecule has 1 aromatic heterocycles. The first-order chi connectivity index (χ1) is 9.04. The zero-order valence-corrected chi connectivity index (χ0v) is 12.2. The minimum atomic E-state index is -0.0842. The number of nitrogens with zero attached hydrogens (tertiary/aromatic N) is 2. The molecule has 0 atom stereocenters. The van der Waals surface area contributed by atoms with Crippen molar-refractivity contribution in [2.24, 2.45) is 5.92 Å². The van der Waals surface area contributed by atoms with Crippen molar-refractivity contribution in [2.75, 3.05) is 11.9 Å². The van der Waals surface area contributed by atoms with Gasteiger partial charge in [-0.1, -0.05) is 13.8 Å². The molecule has 2 rings (SSSR count). The van der Waals surface area contributed by atoms with Crippen LogP contribution in [0.1, 0.15) is 56.8 Å². The van der Waals surface area contributed by atoms with E-state index in [0.29, 0.717) is 11.8 Å². The van der Waals surface area contributed by atoms with Crippen LogP contribution in [0.3, 0.4) is 0 Å². The van der Waals surface area contributed by atoms with Crippen LogP contribution in [0.25, 0.3) is 0 Å². The second kappa shape index (κ2) is 6.33. The Hall–Kier alpha value is -1.16. The standard InChI is InChI=1S/C15H25N3O/c1-10(2)14-8-11(3)17-15(18-14)16-9-12-4-6-13(19)7-5-12/h8,10,12-13,19H,4-7,9H2,1-3H3,(H,16,17,18). The van der Waals surface area contributed by atoms with E-state index in [1.165, 1.54) is 0 Å². The van der Waals surface area contributed by atoms with E-state index in [2.05, 4.69) is 29.1 Å². The number of aryl methyl sites for hydroxylation is 1. The van der Waals surface area contributed by atoms with E-state index in [4.69, 9.17) is 0 Å². The Morgan fingerprint density at radius 1 is 1.26 bits per heavy atom. The summed E-state index contributed by atoms with van der Waals surface area (Å²) in [7, 11) is 0. The smallest absolute Gasteiger partial charge is 0.223 e. The largest absolute Gasteiger partial charge is 0.393 e. The van der Waals surface area contributed by atoms with Crippen LogP contribution in [0.2, 0.25) is 0 Å². The summed E-state index contributed by atoms with van der Waals surface area (Å²) < 4.78 is 0. The van der Waals surface area contributed by atoms with Gasteiger partial charge in [0.25, 0.3) is 0 Å². The first-order valence-electron chi connectivity index (χ1n) is 7.32. The Kier molecular flexibility index (Phi) is 4.75. The second-order valence-electron chi connectivity index (χ2n) is 5.97. The first-order valence-corrected chi connectivity index (χ1v) is 7.32. The van der Waals surface area contributed by atoms with Crippen LogP contribution in [0, 0.1) is 12.8 Å². The van der Waals surface area contributed by atoms with Gasteiger partial charge in [-0.05, 0) is 50.5 Å². The van der Waals surface area contributed by atoms with Crippen LogP contribution < -0.4 is 5.32 Å². The SMILES string of the molecule is Cc1cc(C(C)C)nc(NCC2CCC(O)CC2)n1. The average molecular weight is 263 g/mol. The number of aliphatic hydroxyl groups excluding tert-OH is 1. The summed E-state index contributed by atoms with van der Waals surface area (Å²) in [4.78, 5) is 9.00. The van der Waals surface area contributed by atoms with Crippen LogP contribution >= 0.6 is 0 Å². The minimum absolute atomic E-state index is 0.0842. The van der Waals surface area contributed by atoms with Crippen LogP contribution in [-0.2, 0) is 0 Å². The third kappa shape index (κ3) is 4.16. The van der Waals surface area contributed by atoms with Crippen molar-refractivity contribution in [1.29, 1.82) is 0 Å². The Morgan fingerprint density at radius 3 is 2.58 bits per heavy atom. The second-order valence-corrected chi connectivity index (χ2v) is 5.97. The van der Waals surface area contributed by atoms with Crippen LogP contribution in [0.5, 0.6) is 0 Å². The van der Waals surface area contributed by atoms with Crippen molar-refractivity contribution < 1.29 is 5.11 Å².